The number of nitrogens with zero attached hydrogens (tertiary/aromatic N) is 7. The van der Waals surface area contributed by atoms with Crippen molar-refractivity contribution in [3.8, 4) is 39.8 Å². The van der Waals surface area contributed by atoms with Crippen LogP contribution in [0, 0.1) is 0 Å². The molecule has 178 valence electrons. The van der Waals surface area contributed by atoms with E-state index in [-0.39, 0.29) is 0 Å². The average Bonchev–Trinajstić information content (AvgIpc) is 3.53. The summed E-state index contributed by atoms with van der Waals surface area (Å²) in [6.07, 6.45) is 8.76. The Morgan fingerprint density at radius 2 is 1.75 bits per heavy atom. The van der Waals surface area contributed by atoms with E-state index in [1.54, 1.807) is 31.0 Å². The highest BCUT2D eigenvalue weighted by Crippen LogP contribution is 2.30. The highest BCUT2D eigenvalue weighted by molar-refractivity contribution is 5.94. The molecule has 0 spiro atoms. The largest absolute Gasteiger partial charge is 0.491 e. The van der Waals surface area contributed by atoms with Gasteiger partial charge in [-0.3, -0.25) is 20.1 Å². The molecule has 36 heavy (non-hydrogen) atoms. The molecule has 0 aliphatic heterocycles. The van der Waals surface area contributed by atoms with Crippen molar-refractivity contribution in [1.82, 2.24) is 45.0 Å². The molecule has 0 aliphatic rings. The van der Waals surface area contributed by atoms with Gasteiger partial charge in [-0.05, 0) is 50.5 Å². The normalized spacial score (nSPS) is 11.5. The molecule has 6 aromatic rings. The summed E-state index contributed by atoms with van der Waals surface area (Å²) in [6, 6.07) is 11.6. The quantitative estimate of drug-likeness (QED) is 0.354. The van der Waals surface area contributed by atoms with E-state index in [1.165, 1.54) is 0 Å². The minimum atomic E-state index is 0.582. The van der Waals surface area contributed by atoms with Gasteiger partial charge < -0.3 is 14.6 Å². The zero-order valence-electron chi connectivity index (χ0n) is 19.8. The van der Waals surface area contributed by atoms with Crippen LogP contribution < -0.4 is 4.74 Å². The molecule has 10 heteroatoms. The van der Waals surface area contributed by atoms with Gasteiger partial charge in [0.2, 0.25) is 0 Å². The van der Waals surface area contributed by atoms with Crippen LogP contribution in [-0.4, -0.2) is 72.2 Å². The Labute approximate surface area is 206 Å². The van der Waals surface area contributed by atoms with Crippen LogP contribution in [-0.2, 0) is 0 Å². The molecule has 0 bridgehead atoms. The lowest BCUT2D eigenvalue weighted by molar-refractivity contribution is 0.261. The van der Waals surface area contributed by atoms with Crippen LogP contribution in [0.4, 0.5) is 0 Å². The van der Waals surface area contributed by atoms with Gasteiger partial charge in [-0.1, -0.05) is 0 Å². The third-order valence-corrected chi connectivity index (χ3v) is 5.78. The Balaban J connectivity index is 1.38. The number of pyridine rings is 4. The van der Waals surface area contributed by atoms with Crippen LogP contribution in [0.5, 0.6) is 5.75 Å². The van der Waals surface area contributed by atoms with E-state index >= 15 is 0 Å². The third-order valence-electron chi connectivity index (χ3n) is 5.78. The number of imidazole rings is 1. The minimum absolute atomic E-state index is 0.582. The Morgan fingerprint density at radius 3 is 2.61 bits per heavy atom. The molecule has 0 atom stereocenters. The summed E-state index contributed by atoms with van der Waals surface area (Å²) in [5, 5.41) is 7.58. The van der Waals surface area contributed by atoms with Crippen LogP contribution in [0.15, 0.2) is 67.4 Å². The molecule has 0 aromatic carbocycles. The zero-order valence-corrected chi connectivity index (χ0v) is 19.8. The van der Waals surface area contributed by atoms with Crippen molar-refractivity contribution in [3.05, 3.63) is 67.4 Å². The van der Waals surface area contributed by atoms with Gasteiger partial charge in [0.05, 0.1) is 28.6 Å². The lowest BCUT2D eigenvalue weighted by Crippen LogP contribution is -2.19. The maximum absolute atomic E-state index is 5.85. The van der Waals surface area contributed by atoms with Gasteiger partial charge in [-0.2, -0.15) is 5.10 Å². The maximum Gasteiger partial charge on any atom is 0.161 e. The van der Waals surface area contributed by atoms with Crippen molar-refractivity contribution in [1.29, 1.82) is 0 Å². The maximum atomic E-state index is 5.85. The van der Waals surface area contributed by atoms with Gasteiger partial charge >= 0.3 is 0 Å². The number of nitrogens with one attached hydrogen (secondary N) is 2. The van der Waals surface area contributed by atoms with Crippen molar-refractivity contribution < 1.29 is 4.74 Å². The standard InChI is InChI=1S/C26H23N9O/c1-35(2)10-11-36-18-12-17(14-28-15-18)19-5-6-21-24(30-19)25(34-33-21)26-31-20-7-9-29-22(23(20)32-26)16-4-3-8-27-13-16/h3-9,12-15H,10-11H2,1-2H3,(H,31,32)(H,33,34). The van der Waals surface area contributed by atoms with E-state index in [1.807, 2.05) is 50.5 Å². The second-order valence-corrected chi connectivity index (χ2v) is 8.61. The van der Waals surface area contributed by atoms with Crippen molar-refractivity contribution >= 4 is 22.1 Å². The van der Waals surface area contributed by atoms with Crippen molar-refractivity contribution in [2.75, 3.05) is 27.2 Å². The van der Waals surface area contributed by atoms with E-state index in [0.717, 1.165) is 45.6 Å². The van der Waals surface area contributed by atoms with Crippen molar-refractivity contribution in [3.63, 3.8) is 0 Å². The second-order valence-electron chi connectivity index (χ2n) is 8.61. The van der Waals surface area contributed by atoms with E-state index < -0.39 is 0 Å². The molecule has 0 radical (unpaired) electrons. The molecule has 6 aromatic heterocycles. The number of H-pyrrole nitrogens is 2. The van der Waals surface area contributed by atoms with Crippen LogP contribution in [0.1, 0.15) is 0 Å². The van der Waals surface area contributed by atoms with Crippen LogP contribution in [0.25, 0.3) is 56.1 Å². The smallest absolute Gasteiger partial charge is 0.161 e. The fraction of sp³-hybridized carbons (Fsp3) is 0.154. The summed E-state index contributed by atoms with van der Waals surface area (Å²) < 4.78 is 5.85. The molecule has 0 saturated heterocycles. The molecule has 10 nitrogen and oxygen atoms in total. The first-order valence-corrected chi connectivity index (χ1v) is 11.5. The fourth-order valence-electron chi connectivity index (χ4n) is 3.97. The van der Waals surface area contributed by atoms with Gasteiger partial charge in [0, 0.05) is 42.5 Å². The highest BCUT2D eigenvalue weighted by Gasteiger charge is 2.17. The number of aromatic amines is 2. The Kier molecular flexibility index (Phi) is 5.55. The first kappa shape index (κ1) is 21.8. The molecule has 2 N–H and O–H groups in total. The van der Waals surface area contributed by atoms with Gasteiger partial charge in [0.1, 0.15) is 23.4 Å². The number of ether oxygens (including phenoxy) is 1. The summed E-state index contributed by atoms with van der Waals surface area (Å²) in [6.45, 7) is 1.40. The number of fused-ring (bicyclic) bond motifs is 2. The molecular weight excluding hydrogens is 454 g/mol. The van der Waals surface area contributed by atoms with Gasteiger partial charge in [-0.15, -0.1) is 0 Å². The number of aromatic nitrogens is 8. The first-order chi connectivity index (χ1) is 17.7. The van der Waals surface area contributed by atoms with Gasteiger partial charge in [-0.25, -0.2) is 9.97 Å². The Morgan fingerprint density at radius 1 is 0.861 bits per heavy atom. The lowest BCUT2D eigenvalue weighted by Gasteiger charge is -2.11. The van der Waals surface area contributed by atoms with E-state index in [2.05, 4.69) is 35.0 Å². The number of likely N-dealkylation sites (N-methyl/N-ethyl adjacent to an activating group) is 1. The van der Waals surface area contributed by atoms with E-state index in [4.69, 9.17) is 14.7 Å². The third kappa shape index (κ3) is 4.14. The topological polar surface area (TPSA) is 121 Å². The van der Waals surface area contributed by atoms with Crippen molar-refractivity contribution in [2.45, 2.75) is 0 Å². The predicted octanol–water partition coefficient (Wildman–Crippen LogP) is 3.96. The Bertz CT molecular complexity index is 1660. The zero-order chi connectivity index (χ0) is 24.5. The molecule has 0 fully saturated rings. The summed E-state index contributed by atoms with van der Waals surface area (Å²) in [5.74, 6) is 1.31. The summed E-state index contributed by atoms with van der Waals surface area (Å²) in [4.78, 5) is 28.3. The second kappa shape index (κ2) is 9.16. The highest BCUT2D eigenvalue weighted by atomic mass is 16.5. The molecule has 0 saturated carbocycles. The lowest BCUT2D eigenvalue weighted by atomic mass is 10.1. The molecule has 6 rings (SSSR count). The van der Waals surface area contributed by atoms with Crippen molar-refractivity contribution in [2.24, 2.45) is 0 Å². The van der Waals surface area contributed by atoms with Crippen LogP contribution >= 0.6 is 0 Å². The summed E-state index contributed by atoms with van der Waals surface area (Å²) in [7, 11) is 4.02. The molecule has 0 aliphatic carbocycles. The summed E-state index contributed by atoms with van der Waals surface area (Å²) in [5.41, 5.74) is 7.04. The minimum Gasteiger partial charge on any atom is -0.491 e. The van der Waals surface area contributed by atoms with Crippen LogP contribution in [0.3, 0.4) is 0 Å². The SMILES string of the molecule is CN(C)CCOc1cncc(-c2ccc3[nH]nc(-c4nc5c(-c6cccnc6)nccc5[nH]4)c3n2)c1. The molecular formula is C26H23N9O. The fourth-order valence-corrected chi connectivity index (χ4v) is 3.97. The van der Waals surface area contributed by atoms with Gasteiger partial charge in [0.15, 0.2) is 11.5 Å². The molecule has 6 heterocycles. The molecule has 0 unspecified atom stereocenters. The Hall–Kier alpha value is -4.70. The summed E-state index contributed by atoms with van der Waals surface area (Å²) >= 11 is 0. The van der Waals surface area contributed by atoms with Gasteiger partial charge in [0.25, 0.3) is 0 Å². The predicted molar refractivity (Wildman–Crippen MR) is 137 cm³/mol. The van der Waals surface area contributed by atoms with Crippen LogP contribution in [0.2, 0.25) is 0 Å². The first-order valence-electron chi connectivity index (χ1n) is 11.5. The monoisotopic (exact) mass is 477 g/mol. The number of hydrogen-bond acceptors (Lipinski definition) is 8. The van der Waals surface area contributed by atoms with E-state index in [0.29, 0.717) is 29.4 Å². The number of rotatable bonds is 7. The number of hydrogen-bond donors (Lipinski definition) is 2. The molecule has 0 amide bonds. The average molecular weight is 478 g/mol. The van der Waals surface area contributed by atoms with E-state index in [9.17, 15) is 0 Å².